The number of ether oxygens (including phenoxy) is 3. The van der Waals surface area contributed by atoms with Crippen LogP contribution in [0.25, 0.3) is 5.76 Å². The number of nitrogens with zero attached hydrogens (tertiary/aromatic N) is 1. The summed E-state index contributed by atoms with van der Waals surface area (Å²) in [5.41, 5.74) is 2.95. The van der Waals surface area contributed by atoms with Gasteiger partial charge in [0.25, 0.3) is 11.7 Å². The van der Waals surface area contributed by atoms with E-state index in [1.165, 1.54) is 4.90 Å². The summed E-state index contributed by atoms with van der Waals surface area (Å²) in [6.07, 6.45) is 0. The van der Waals surface area contributed by atoms with Gasteiger partial charge in [-0.05, 0) is 60.2 Å². The Morgan fingerprint density at radius 3 is 2.08 bits per heavy atom. The van der Waals surface area contributed by atoms with E-state index in [2.05, 4.69) is 20.8 Å². The first-order chi connectivity index (χ1) is 19.1. The number of carbonyl (C=O) groups excluding carboxylic acids is 2. The lowest BCUT2D eigenvalue weighted by molar-refractivity contribution is -0.140. The fraction of sp³-hybridized carbons (Fsp3) is 0.333. The molecule has 1 amide bonds. The summed E-state index contributed by atoms with van der Waals surface area (Å²) in [4.78, 5) is 28.6. The Kier molecular flexibility index (Phi) is 8.52. The van der Waals surface area contributed by atoms with Gasteiger partial charge < -0.3 is 24.2 Å². The Morgan fingerprint density at radius 2 is 1.50 bits per heavy atom. The van der Waals surface area contributed by atoms with E-state index in [1.54, 1.807) is 25.3 Å². The predicted molar refractivity (Wildman–Crippen MR) is 155 cm³/mol. The molecule has 40 heavy (non-hydrogen) atoms. The molecule has 0 aromatic heterocycles. The maximum Gasteiger partial charge on any atom is 0.295 e. The SMILES string of the molecule is CCOc1ccc(/C(O)=C2/C(=O)C(=O)N(Cc3ccc(OC)cc3)C2c2ccc(C(C)(C)C)cc2)c(OCC)c1. The number of amides is 1. The molecule has 0 radical (unpaired) electrons. The third kappa shape index (κ3) is 5.83. The van der Waals surface area contributed by atoms with E-state index >= 15 is 0 Å². The number of aliphatic hydroxyl groups is 1. The molecule has 1 unspecified atom stereocenters. The van der Waals surface area contributed by atoms with Gasteiger partial charge in [-0.15, -0.1) is 0 Å². The van der Waals surface area contributed by atoms with E-state index < -0.39 is 17.7 Å². The second-order valence-electron chi connectivity index (χ2n) is 10.7. The van der Waals surface area contributed by atoms with Gasteiger partial charge in [-0.1, -0.05) is 57.2 Å². The van der Waals surface area contributed by atoms with Gasteiger partial charge in [-0.2, -0.15) is 0 Å². The number of ketones is 1. The number of likely N-dealkylation sites (tertiary alicyclic amines) is 1. The third-order valence-corrected chi connectivity index (χ3v) is 6.96. The van der Waals surface area contributed by atoms with E-state index in [0.717, 1.165) is 16.7 Å². The topological polar surface area (TPSA) is 85.3 Å². The van der Waals surface area contributed by atoms with Gasteiger partial charge in [-0.3, -0.25) is 9.59 Å². The van der Waals surface area contributed by atoms with Crippen molar-refractivity contribution in [3.05, 3.63) is 94.6 Å². The van der Waals surface area contributed by atoms with Crippen molar-refractivity contribution in [2.24, 2.45) is 0 Å². The molecule has 1 N–H and O–H groups in total. The standard InChI is InChI=1S/C33H37NO6/c1-7-39-25-17-18-26(27(19-25)40-8-2)30(35)28-29(22-11-13-23(14-12-22)33(3,4)5)34(32(37)31(28)36)20-21-9-15-24(38-6)16-10-21/h9-19,29,35H,7-8,20H2,1-6H3/b30-28-. The van der Waals surface area contributed by atoms with E-state index in [-0.39, 0.29) is 23.3 Å². The van der Waals surface area contributed by atoms with Gasteiger partial charge in [0.05, 0.1) is 37.5 Å². The first-order valence-electron chi connectivity index (χ1n) is 13.5. The number of methoxy groups -OCH3 is 1. The predicted octanol–water partition coefficient (Wildman–Crippen LogP) is 6.41. The van der Waals surface area contributed by atoms with Gasteiger partial charge in [-0.25, -0.2) is 0 Å². The van der Waals surface area contributed by atoms with Crippen LogP contribution >= 0.6 is 0 Å². The maximum absolute atomic E-state index is 13.6. The number of aliphatic hydroxyl groups excluding tert-OH is 1. The fourth-order valence-electron chi connectivity index (χ4n) is 4.86. The van der Waals surface area contributed by atoms with Gasteiger partial charge in [0.1, 0.15) is 23.0 Å². The Hall–Kier alpha value is -4.26. The summed E-state index contributed by atoms with van der Waals surface area (Å²) in [7, 11) is 1.59. The van der Waals surface area contributed by atoms with Crippen LogP contribution in [0, 0.1) is 0 Å². The van der Waals surface area contributed by atoms with Crippen LogP contribution in [0.5, 0.6) is 17.2 Å². The molecule has 1 fully saturated rings. The van der Waals surface area contributed by atoms with Gasteiger partial charge in [0.15, 0.2) is 0 Å². The van der Waals surface area contributed by atoms with E-state index in [4.69, 9.17) is 14.2 Å². The zero-order valence-electron chi connectivity index (χ0n) is 24.0. The van der Waals surface area contributed by atoms with Crippen LogP contribution in [0.2, 0.25) is 0 Å². The lowest BCUT2D eigenvalue weighted by Crippen LogP contribution is -2.29. The number of hydrogen-bond acceptors (Lipinski definition) is 6. The van der Waals surface area contributed by atoms with Crippen molar-refractivity contribution < 1.29 is 28.9 Å². The number of rotatable bonds is 9. The molecule has 210 valence electrons. The molecule has 7 heteroatoms. The van der Waals surface area contributed by atoms with Crippen LogP contribution in [-0.4, -0.2) is 42.0 Å². The molecule has 7 nitrogen and oxygen atoms in total. The largest absolute Gasteiger partial charge is 0.507 e. The van der Waals surface area contributed by atoms with Crippen molar-refractivity contribution in [2.45, 2.75) is 52.6 Å². The molecule has 3 aromatic carbocycles. The summed E-state index contributed by atoms with van der Waals surface area (Å²) in [5.74, 6) is -0.0598. The third-order valence-electron chi connectivity index (χ3n) is 6.96. The monoisotopic (exact) mass is 543 g/mol. The van der Waals surface area contributed by atoms with Crippen LogP contribution in [0.15, 0.2) is 72.3 Å². The Balaban J connectivity index is 1.87. The Labute approximate surface area is 236 Å². The zero-order valence-corrected chi connectivity index (χ0v) is 24.0. The van der Waals surface area contributed by atoms with Gasteiger partial charge in [0.2, 0.25) is 0 Å². The molecule has 1 aliphatic heterocycles. The highest BCUT2D eigenvalue weighted by Crippen LogP contribution is 2.42. The molecule has 1 atom stereocenters. The smallest absolute Gasteiger partial charge is 0.295 e. The van der Waals surface area contributed by atoms with Crippen molar-refractivity contribution in [1.29, 1.82) is 0 Å². The fourth-order valence-corrected chi connectivity index (χ4v) is 4.86. The lowest BCUT2D eigenvalue weighted by atomic mass is 9.85. The van der Waals surface area contributed by atoms with Crippen LogP contribution in [-0.2, 0) is 21.5 Å². The molecule has 0 aliphatic carbocycles. The minimum atomic E-state index is -0.794. The van der Waals surface area contributed by atoms with Crippen LogP contribution in [0.3, 0.4) is 0 Å². The normalized spacial score (nSPS) is 16.8. The highest BCUT2D eigenvalue weighted by atomic mass is 16.5. The van der Waals surface area contributed by atoms with Crippen molar-refractivity contribution in [3.63, 3.8) is 0 Å². The molecule has 4 rings (SSSR count). The molecule has 1 heterocycles. The summed E-state index contributed by atoms with van der Waals surface area (Å²) < 4.78 is 16.7. The summed E-state index contributed by atoms with van der Waals surface area (Å²) >= 11 is 0. The first kappa shape index (κ1) is 28.7. The van der Waals surface area contributed by atoms with Crippen molar-refractivity contribution in [2.75, 3.05) is 20.3 Å². The summed E-state index contributed by atoms with van der Waals surface area (Å²) in [6, 6.07) is 19.5. The average Bonchev–Trinajstić information content (AvgIpc) is 3.18. The number of benzene rings is 3. The first-order valence-corrected chi connectivity index (χ1v) is 13.5. The van der Waals surface area contributed by atoms with E-state index in [9.17, 15) is 14.7 Å². The minimum absolute atomic E-state index is 0.0205. The van der Waals surface area contributed by atoms with E-state index in [0.29, 0.717) is 36.0 Å². The molecule has 0 bridgehead atoms. The second-order valence-corrected chi connectivity index (χ2v) is 10.7. The van der Waals surface area contributed by atoms with Crippen LogP contribution in [0.4, 0.5) is 0 Å². The van der Waals surface area contributed by atoms with Gasteiger partial charge >= 0.3 is 0 Å². The highest BCUT2D eigenvalue weighted by Gasteiger charge is 2.46. The average molecular weight is 544 g/mol. The Bertz CT molecular complexity index is 1400. The molecule has 3 aromatic rings. The van der Waals surface area contributed by atoms with Crippen LogP contribution < -0.4 is 14.2 Å². The number of Topliss-reactive ketones (excluding diaryl/α,β-unsaturated/α-hetero) is 1. The van der Waals surface area contributed by atoms with Crippen LogP contribution in [0.1, 0.15) is 62.9 Å². The maximum atomic E-state index is 13.6. The van der Waals surface area contributed by atoms with Crippen molar-refractivity contribution >= 4 is 17.4 Å². The molecular formula is C33H37NO6. The zero-order chi connectivity index (χ0) is 29.0. The molecule has 0 spiro atoms. The summed E-state index contributed by atoms with van der Waals surface area (Å²) in [6.45, 7) is 11.1. The van der Waals surface area contributed by atoms with E-state index in [1.807, 2.05) is 62.4 Å². The molecular weight excluding hydrogens is 506 g/mol. The highest BCUT2D eigenvalue weighted by molar-refractivity contribution is 6.46. The molecule has 1 aliphatic rings. The minimum Gasteiger partial charge on any atom is -0.507 e. The number of hydrogen-bond donors (Lipinski definition) is 1. The quantitative estimate of drug-likeness (QED) is 0.191. The second kappa shape index (κ2) is 11.9. The molecule has 1 saturated heterocycles. The number of carbonyl (C=O) groups is 2. The van der Waals surface area contributed by atoms with Crippen molar-refractivity contribution in [3.8, 4) is 17.2 Å². The Morgan fingerprint density at radius 1 is 0.875 bits per heavy atom. The molecule has 0 saturated carbocycles. The van der Waals surface area contributed by atoms with Gasteiger partial charge in [0, 0.05) is 12.6 Å². The van der Waals surface area contributed by atoms with Crippen molar-refractivity contribution in [1.82, 2.24) is 4.90 Å². The summed E-state index contributed by atoms with van der Waals surface area (Å²) in [5, 5.41) is 11.6. The lowest BCUT2D eigenvalue weighted by Gasteiger charge is -2.27.